The molecule has 2 saturated heterocycles. The number of ether oxygens (including phenoxy) is 2. The highest BCUT2D eigenvalue weighted by Gasteiger charge is 2.32. The quantitative estimate of drug-likeness (QED) is 0.150. The van der Waals surface area contributed by atoms with E-state index < -0.39 is 11.2 Å². The number of H-pyrrole nitrogens is 1. The molecule has 2 aliphatic carbocycles. The number of aryl methyl sites for hydroxylation is 4. The minimum atomic E-state index is -0.492. The van der Waals surface area contributed by atoms with Crippen LogP contribution >= 0.6 is 45.9 Å². The van der Waals surface area contributed by atoms with E-state index in [1.54, 1.807) is 37.2 Å². The Morgan fingerprint density at radius 2 is 1.13 bits per heavy atom. The van der Waals surface area contributed by atoms with Crippen LogP contribution in [0.4, 0.5) is 9.59 Å². The molecule has 12 nitrogen and oxygen atoms in total. The van der Waals surface area contributed by atoms with Crippen molar-refractivity contribution in [3.05, 3.63) is 89.9 Å². The lowest BCUT2D eigenvalue weighted by molar-refractivity contribution is 0.0193. The van der Waals surface area contributed by atoms with E-state index in [0.717, 1.165) is 134 Å². The molecular weight excluding hydrogens is 952 g/mol. The zero-order chi connectivity index (χ0) is 49.7. The molecule has 0 radical (unpaired) electrons. The molecule has 0 atom stereocenters. The number of aromatic nitrogens is 4. The lowest BCUT2D eigenvalue weighted by Crippen LogP contribution is -2.41. The number of likely N-dealkylation sites (tertiary alicyclic amines) is 2. The molecule has 4 aromatic heterocycles. The Kier molecular flexibility index (Phi) is 20.1. The second-order valence-electron chi connectivity index (χ2n) is 21.2. The predicted octanol–water partition coefficient (Wildman–Crippen LogP) is 14.4. The molecule has 2 saturated carbocycles. The molecule has 4 aromatic rings. The Morgan fingerprint density at radius 3 is 1.57 bits per heavy atom. The molecule has 2 aliphatic heterocycles. The van der Waals surface area contributed by atoms with Crippen LogP contribution in [0.25, 0.3) is 0 Å². The van der Waals surface area contributed by atoms with Gasteiger partial charge in [0.15, 0.2) is 0 Å². The third-order valence-corrected chi connectivity index (χ3v) is 15.9. The van der Waals surface area contributed by atoms with Gasteiger partial charge in [-0.25, -0.2) is 14.3 Å². The van der Waals surface area contributed by atoms with Crippen molar-refractivity contribution in [2.24, 2.45) is 11.8 Å². The summed E-state index contributed by atoms with van der Waals surface area (Å²) in [5.74, 6) is 1.68. The summed E-state index contributed by atoms with van der Waals surface area (Å²) in [6.07, 6.45) is 18.1. The standard InChI is InChI=1S/C26H36ClN3O3S.C19H26ClN3O2S.C8H14O/c1-26(2,3)33-25(32)29-15-13-18(14-16-29)22-17-20(9-10-21-11-12-23(27)34-21)30(28-22)24(31)19-7-5-4-6-8-19;1-19(2,3)25-18(24)23-10-8-13(9-11-23)16-12-14(21-22-16)4-5-15-6-7-17(20)26-15;1-7(9)8-5-3-2-4-6-8/h11-12,17-19H,4-10,13-16H2,1-3H3;6-7,12-13H,4-5,8-11H2,1-3H3,(H,21,22);8-9H,1-6H2. The Labute approximate surface area is 428 Å². The number of thiophene rings is 2. The van der Waals surface area contributed by atoms with E-state index in [2.05, 4.69) is 41.0 Å². The maximum Gasteiger partial charge on any atom is 0.410 e. The molecule has 380 valence electrons. The first-order chi connectivity index (χ1) is 32.8. The molecule has 16 heteroatoms. The minimum absolute atomic E-state index is 0.0745. The van der Waals surface area contributed by atoms with E-state index in [9.17, 15) is 14.4 Å². The number of aliphatic hydroxyl groups excluding tert-OH is 1. The van der Waals surface area contributed by atoms with Crippen molar-refractivity contribution in [3.63, 3.8) is 0 Å². The van der Waals surface area contributed by atoms with Gasteiger partial charge in [0.1, 0.15) is 11.2 Å². The van der Waals surface area contributed by atoms with Crippen molar-refractivity contribution in [1.29, 1.82) is 0 Å². The number of carbonyl (C=O) groups is 3. The van der Waals surface area contributed by atoms with Gasteiger partial charge in [-0.2, -0.15) is 10.2 Å². The largest absolute Gasteiger partial charge is 0.513 e. The molecule has 6 heterocycles. The second kappa shape index (κ2) is 25.5. The number of amides is 2. The van der Waals surface area contributed by atoms with Crippen LogP contribution < -0.4 is 0 Å². The summed E-state index contributed by atoms with van der Waals surface area (Å²) < 4.78 is 14.3. The molecule has 4 aliphatic rings. The number of hydrogen-bond acceptors (Lipinski definition) is 10. The van der Waals surface area contributed by atoms with E-state index >= 15 is 0 Å². The van der Waals surface area contributed by atoms with Crippen LogP contribution in [-0.4, -0.2) is 90.4 Å². The lowest BCUT2D eigenvalue weighted by Gasteiger charge is -2.32. The average molecular weight is 1030 g/mol. The number of nitrogens with one attached hydrogen (secondary N) is 1. The van der Waals surface area contributed by atoms with Crippen LogP contribution in [0.5, 0.6) is 0 Å². The third-order valence-electron chi connectivity index (χ3n) is 13.3. The number of hydrogen-bond donors (Lipinski definition) is 2. The number of aliphatic hydroxyl groups is 1. The first kappa shape index (κ1) is 54.5. The van der Waals surface area contributed by atoms with E-state index in [-0.39, 0.29) is 29.9 Å². The summed E-state index contributed by atoms with van der Waals surface area (Å²) in [5.41, 5.74) is 3.29. The van der Waals surface area contributed by atoms with E-state index in [0.29, 0.717) is 30.7 Å². The average Bonchev–Trinajstić information content (AvgIpc) is 4.16. The monoisotopic (exact) mass is 1030 g/mol. The fourth-order valence-electron chi connectivity index (χ4n) is 9.53. The molecule has 2 amide bonds. The van der Waals surface area contributed by atoms with Gasteiger partial charge in [-0.3, -0.25) is 9.89 Å². The summed E-state index contributed by atoms with van der Waals surface area (Å²) in [6.45, 7) is 17.6. The molecule has 0 bridgehead atoms. The summed E-state index contributed by atoms with van der Waals surface area (Å²) >= 11 is 15.3. The van der Waals surface area contributed by atoms with Gasteiger partial charge in [-0.1, -0.05) is 68.3 Å². The number of allylic oxidation sites excluding steroid dienone is 1. The van der Waals surface area contributed by atoms with Gasteiger partial charge >= 0.3 is 12.2 Å². The second-order valence-corrected chi connectivity index (χ2v) is 24.8. The maximum absolute atomic E-state index is 13.4. The van der Waals surface area contributed by atoms with E-state index in [1.165, 1.54) is 35.4 Å². The molecule has 0 unspecified atom stereocenters. The van der Waals surface area contributed by atoms with Crippen LogP contribution in [0.15, 0.2) is 48.7 Å². The third kappa shape index (κ3) is 17.5. The van der Waals surface area contributed by atoms with Gasteiger partial charge in [-0.15, -0.1) is 22.7 Å². The highest BCUT2D eigenvalue weighted by atomic mass is 35.5. The lowest BCUT2D eigenvalue weighted by atomic mass is 9.88. The van der Waals surface area contributed by atoms with Crippen LogP contribution in [0.1, 0.15) is 181 Å². The number of piperidine rings is 2. The molecular formula is C53H76Cl2N6O6S2. The zero-order valence-electron chi connectivity index (χ0n) is 41.8. The van der Waals surface area contributed by atoms with Gasteiger partial charge in [-0.05, 0) is 155 Å². The minimum Gasteiger partial charge on any atom is -0.513 e. The molecule has 4 fully saturated rings. The van der Waals surface area contributed by atoms with Crippen LogP contribution in [0, 0.1) is 11.8 Å². The fourth-order valence-corrected chi connectivity index (χ4v) is 11.7. The summed E-state index contributed by atoms with van der Waals surface area (Å²) in [4.78, 5) is 44.1. The Bertz CT molecular complexity index is 2260. The van der Waals surface area contributed by atoms with Gasteiger partial charge in [0.05, 0.1) is 25.8 Å². The SMILES string of the molecule is C=C(O)C1CCCCC1.CC(C)(C)OC(=O)N1CCC(c2cc(CCc3ccc(Cl)s3)[nH]n2)CC1.CC(C)(C)OC(=O)N1CCC(c2cc(CCc3ccc(Cl)s3)n(C(=O)C3CCCCC3)n2)CC1. The first-order valence-electron chi connectivity index (χ1n) is 25.3. The normalized spacial score (nSPS) is 17.9. The number of halogens is 2. The Hall–Kier alpha value is -3.85. The summed E-state index contributed by atoms with van der Waals surface area (Å²) in [7, 11) is 0. The molecule has 69 heavy (non-hydrogen) atoms. The van der Waals surface area contributed by atoms with E-state index in [4.69, 9.17) is 42.9 Å². The molecule has 0 spiro atoms. The van der Waals surface area contributed by atoms with E-state index in [1.807, 2.05) is 53.7 Å². The maximum atomic E-state index is 13.4. The van der Waals surface area contributed by atoms with Crippen LogP contribution in [0.3, 0.4) is 0 Å². The number of aromatic amines is 1. The predicted molar refractivity (Wildman–Crippen MR) is 279 cm³/mol. The highest BCUT2D eigenvalue weighted by molar-refractivity contribution is 7.16. The Morgan fingerprint density at radius 1 is 0.667 bits per heavy atom. The number of rotatable bonds is 10. The summed E-state index contributed by atoms with van der Waals surface area (Å²) in [5, 5.41) is 21.5. The van der Waals surface area contributed by atoms with Crippen molar-refractivity contribution >= 4 is 64.0 Å². The van der Waals surface area contributed by atoms with Gasteiger partial charge in [0, 0.05) is 71.0 Å². The van der Waals surface area contributed by atoms with Gasteiger partial charge in [0.25, 0.3) is 0 Å². The van der Waals surface area contributed by atoms with Crippen molar-refractivity contribution in [3.8, 4) is 0 Å². The topological polar surface area (TPSA) is 143 Å². The van der Waals surface area contributed by atoms with Crippen LogP contribution in [0.2, 0.25) is 8.67 Å². The number of nitrogens with zero attached hydrogens (tertiary/aromatic N) is 5. The first-order valence-corrected chi connectivity index (χ1v) is 27.7. The highest BCUT2D eigenvalue weighted by Crippen LogP contribution is 2.33. The van der Waals surface area contributed by atoms with Crippen molar-refractivity contribution in [2.45, 2.75) is 180 Å². The Balaban J connectivity index is 0.000000196. The van der Waals surface area contributed by atoms with Crippen molar-refractivity contribution < 1.29 is 29.0 Å². The number of carbonyl (C=O) groups excluding carboxylic acids is 3. The van der Waals surface area contributed by atoms with Crippen molar-refractivity contribution in [2.75, 3.05) is 26.2 Å². The van der Waals surface area contributed by atoms with Crippen LogP contribution in [-0.2, 0) is 35.2 Å². The fraction of sp³-hybridized carbons (Fsp3) is 0.642. The van der Waals surface area contributed by atoms with Crippen molar-refractivity contribution in [1.82, 2.24) is 29.8 Å². The smallest absolute Gasteiger partial charge is 0.410 e. The van der Waals surface area contributed by atoms with Gasteiger partial charge < -0.3 is 24.4 Å². The molecule has 8 rings (SSSR count). The summed E-state index contributed by atoms with van der Waals surface area (Å²) in [6, 6.07) is 12.3. The zero-order valence-corrected chi connectivity index (χ0v) is 45.0. The molecule has 2 N–H and O–H groups in total. The van der Waals surface area contributed by atoms with Gasteiger partial charge in [0.2, 0.25) is 5.91 Å². The molecule has 0 aromatic carbocycles.